The Hall–Kier alpha value is -0.670. The second kappa shape index (κ2) is 8.58. The molecule has 0 atom stereocenters. The number of pyridine rings is 1. The third-order valence-corrected chi connectivity index (χ3v) is 5.41. The molecule has 2 aromatic rings. The van der Waals surface area contributed by atoms with Crippen molar-refractivity contribution in [2.45, 2.75) is 20.3 Å². The zero-order valence-electron chi connectivity index (χ0n) is 11.3. The highest BCUT2D eigenvalue weighted by Crippen LogP contribution is 2.33. The summed E-state index contributed by atoms with van der Waals surface area (Å²) in [6, 6.07) is 4.02. The van der Waals surface area contributed by atoms with Crippen molar-refractivity contribution in [3.8, 4) is 0 Å². The number of nitrogens with zero attached hydrogens (tertiary/aromatic N) is 3. The monoisotopic (exact) mass is 328 g/mol. The van der Waals surface area contributed by atoms with Crippen LogP contribution < -0.4 is 5.32 Å². The SMILES string of the molecule is COCCNCc1cccnc1Sc1nnc(SC)s1. The van der Waals surface area contributed by atoms with Crippen LogP contribution in [-0.2, 0) is 11.3 Å². The van der Waals surface area contributed by atoms with Crippen LogP contribution in [0.2, 0.25) is 0 Å². The Morgan fingerprint density at radius 1 is 1.35 bits per heavy atom. The standard InChI is InChI=1S/C12H16N4OS3/c1-17-7-6-13-8-9-4-3-5-14-10(9)19-12-16-15-11(18-2)20-12/h3-5,13H,6-8H2,1-2H3. The maximum atomic E-state index is 5.02. The van der Waals surface area contributed by atoms with E-state index in [2.05, 4.69) is 26.6 Å². The van der Waals surface area contributed by atoms with Crippen LogP contribution in [0.3, 0.4) is 0 Å². The molecule has 20 heavy (non-hydrogen) atoms. The first-order chi connectivity index (χ1) is 9.83. The highest BCUT2D eigenvalue weighted by molar-refractivity contribution is 8.03. The Kier molecular flexibility index (Phi) is 6.74. The van der Waals surface area contributed by atoms with Crippen LogP contribution in [0.4, 0.5) is 0 Å². The largest absolute Gasteiger partial charge is 0.383 e. The van der Waals surface area contributed by atoms with Crippen LogP contribution in [0.5, 0.6) is 0 Å². The molecule has 5 nitrogen and oxygen atoms in total. The lowest BCUT2D eigenvalue weighted by molar-refractivity contribution is 0.199. The first kappa shape index (κ1) is 15.7. The molecule has 0 saturated heterocycles. The molecule has 0 radical (unpaired) electrons. The van der Waals surface area contributed by atoms with Gasteiger partial charge in [-0.15, -0.1) is 10.2 Å². The van der Waals surface area contributed by atoms with Gasteiger partial charge >= 0.3 is 0 Å². The van der Waals surface area contributed by atoms with Gasteiger partial charge in [0.25, 0.3) is 0 Å². The van der Waals surface area contributed by atoms with E-state index in [0.717, 1.165) is 32.4 Å². The van der Waals surface area contributed by atoms with E-state index in [9.17, 15) is 0 Å². The van der Waals surface area contributed by atoms with E-state index in [4.69, 9.17) is 4.74 Å². The Bertz CT molecular complexity index is 535. The molecule has 0 bridgehead atoms. The Balaban J connectivity index is 1.99. The molecule has 0 aliphatic rings. The minimum atomic E-state index is 0.705. The first-order valence-corrected chi connectivity index (χ1v) is 8.88. The van der Waals surface area contributed by atoms with Crippen molar-refractivity contribution >= 4 is 34.9 Å². The lowest BCUT2D eigenvalue weighted by atomic mass is 10.3. The van der Waals surface area contributed by atoms with Crippen molar-refractivity contribution in [1.82, 2.24) is 20.5 Å². The number of nitrogens with one attached hydrogen (secondary N) is 1. The number of ether oxygens (including phenoxy) is 1. The summed E-state index contributed by atoms with van der Waals surface area (Å²) in [5.41, 5.74) is 1.16. The van der Waals surface area contributed by atoms with Crippen LogP contribution in [0.25, 0.3) is 0 Å². The van der Waals surface area contributed by atoms with E-state index in [0.29, 0.717) is 6.61 Å². The molecule has 1 N–H and O–H groups in total. The minimum absolute atomic E-state index is 0.705. The molecule has 0 unspecified atom stereocenters. The van der Waals surface area contributed by atoms with Crippen molar-refractivity contribution < 1.29 is 4.74 Å². The molecule has 2 aromatic heterocycles. The molecule has 8 heteroatoms. The maximum Gasteiger partial charge on any atom is 0.181 e. The van der Waals surface area contributed by atoms with Gasteiger partial charge in [0.2, 0.25) is 0 Å². The minimum Gasteiger partial charge on any atom is -0.383 e. The van der Waals surface area contributed by atoms with Gasteiger partial charge in [0, 0.05) is 26.4 Å². The summed E-state index contributed by atoms with van der Waals surface area (Å²) < 4.78 is 6.92. The number of hydrogen-bond acceptors (Lipinski definition) is 8. The summed E-state index contributed by atoms with van der Waals surface area (Å²) in [7, 11) is 1.70. The van der Waals surface area contributed by atoms with E-state index in [1.165, 1.54) is 0 Å². The van der Waals surface area contributed by atoms with Gasteiger partial charge in [-0.05, 0) is 29.6 Å². The van der Waals surface area contributed by atoms with Gasteiger partial charge in [0.15, 0.2) is 8.68 Å². The topological polar surface area (TPSA) is 59.9 Å². The molecule has 2 heterocycles. The Morgan fingerprint density at radius 2 is 2.20 bits per heavy atom. The summed E-state index contributed by atoms with van der Waals surface area (Å²) in [5.74, 6) is 0. The van der Waals surface area contributed by atoms with Crippen LogP contribution in [0.1, 0.15) is 5.56 Å². The molecule has 0 amide bonds. The van der Waals surface area contributed by atoms with E-state index < -0.39 is 0 Å². The lowest BCUT2D eigenvalue weighted by Crippen LogP contribution is -2.19. The van der Waals surface area contributed by atoms with Crippen molar-refractivity contribution in [2.75, 3.05) is 26.5 Å². The van der Waals surface area contributed by atoms with E-state index >= 15 is 0 Å². The molecule has 0 spiro atoms. The number of rotatable bonds is 8. The zero-order valence-corrected chi connectivity index (χ0v) is 13.8. The summed E-state index contributed by atoms with van der Waals surface area (Å²) in [6.45, 7) is 2.30. The van der Waals surface area contributed by atoms with Crippen molar-refractivity contribution in [2.24, 2.45) is 0 Å². The van der Waals surface area contributed by atoms with E-state index in [1.807, 2.05) is 12.3 Å². The van der Waals surface area contributed by atoms with Crippen LogP contribution in [0, 0.1) is 0 Å². The predicted molar refractivity (Wildman–Crippen MR) is 83.6 cm³/mol. The fourth-order valence-electron chi connectivity index (χ4n) is 1.45. The summed E-state index contributed by atoms with van der Waals surface area (Å²) in [5, 5.41) is 12.6. The third-order valence-electron chi connectivity index (χ3n) is 2.39. The highest BCUT2D eigenvalue weighted by Gasteiger charge is 2.09. The van der Waals surface area contributed by atoms with Crippen molar-refractivity contribution in [1.29, 1.82) is 0 Å². The van der Waals surface area contributed by atoms with Gasteiger partial charge in [-0.1, -0.05) is 29.2 Å². The smallest absolute Gasteiger partial charge is 0.181 e. The van der Waals surface area contributed by atoms with Crippen LogP contribution in [0.15, 0.2) is 32.0 Å². The number of hydrogen-bond donors (Lipinski definition) is 1. The summed E-state index contributed by atoms with van der Waals surface area (Å²) in [6.07, 6.45) is 3.80. The maximum absolute atomic E-state index is 5.02. The lowest BCUT2D eigenvalue weighted by Gasteiger charge is -2.07. The number of thioether (sulfide) groups is 1. The molecule has 2 rings (SSSR count). The average Bonchev–Trinajstić information content (AvgIpc) is 2.93. The average molecular weight is 328 g/mol. The van der Waals surface area contributed by atoms with Crippen LogP contribution in [-0.4, -0.2) is 41.7 Å². The van der Waals surface area contributed by atoms with E-state index in [1.54, 1.807) is 48.2 Å². The fraction of sp³-hybridized carbons (Fsp3) is 0.417. The molecule has 108 valence electrons. The summed E-state index contributed by atoms with van der Waals surface area (Å²) in [4.78, 5) is 4.43. The quantitative estimate of drug-likeness (QED) is 0.590. The molecule has 0 aliphatic carbocycles. The van der Waals surface area contributed by atoms with Crippen LogP contribution >= 0.6 is 34.9 Å². The molecule has 0 saturated carbocycles. The molecule has 0 aromatic carbocycles. The van der Waals surface area contributed by atoms with Gasteiger partial charge < -0.3 is 10.1 Å². The number of methoxy groups -OCH3 is 1. The van der Waals surface area contributed by atoms with Gasteiger partial charge in [-0.25, -0.2) is 4.98 Å². The highest BCUT2D eigenvalue weighted by atomic mass is 32.2. The second-order valence-corrected chi connectivity index (χ2v) is 7.04. The van der Waals surface area contributed by atoms with Gasteiger partial charge in [0.05, 0.1) is 6.61 Å². The normalized spacial score (nSPS) is 10.9. The first-order valence-electron chi connectivity index (χ1n) is 6.02. The number of aromatic nitrogens is 3. The molecular formula is C12H16N4OS3. The molecule has 0 aliphatic heterocycles. The van der Waals surface area contributed by atoms with Gasteiger partial charge in [-0.2, -0.15) is 0 Å². The Morgan fingerprint density at radius 3 is 2.95 bits per heavy atom. The fourth-order valence-corrected chi connectivity index (χ4v) is 3.89. The van der Waals surface area contributed by atoms with Gasteiger partial charge in [0.1, 0.15) is 5.03 Å². The third kappa shape index (κ3) is 4.71. The molecular weight excluding hydrogens is 312 g/mol. The molecule has 0 fully saturated rings. The van der Waals surface area contributed by atoms with Crippen molar-refractivity contribution in [3.05, 3.63) is 23.9 Å². The predicted octanol–water partition coefficient (Wildman–Crippen LogP) is 2.54. The van der Waals surface area contributed by atoms with Gasteiger partial charge in [-0.3, -0.25) is 0 Å². The van der Waals surface area contributed by atoms with Crippen molar-refractivity contribution in [3.63, 3.8) is 0 Å². The zero-order chi connectivity index (χ0) is 14.2. The summed E-state index contributed by atoms with van der Waals surface area (Å²) >= 11 is 4.76. The van der Waals surface area contributed by atoms with E-state index in [-0.39, 0.29) is 0 Å². The Labute approximate surface area is 130 Å². The second-order valence-electron chi connectivity index (χ2n) is 3.78.